The van der Waals surface area contributed by atoms with Crippen molar-refractivity contribution in [2.45, 2.75) is 71.9 Å². The Morgan fingerprint density at radius 3 is 2.67 bits per heavy atom. The smallest absolute Gasteiger partial charge is 0.114 e. The second kappa shape index (κ2) is 6.93. The molecule has 1 aromatic heterocycles. The molecule has 0 aliphatic rings. The molecule has 0 aromatic carbocycles. The molecule has 3 nitrogen and oxygen atoms in total. The summed E-state index contributed by atoms with van der Waals surface area (Å²) in [6, 6.07) is 0.534. The molecule has 3 heteroatoms. The minimum absolute atomic E-state index is 0.124. The summed E-state index contributed by atoms with van der Waals surface area (Å²) in [4.78, 5) is 4.58. The highest BCUT2D eigenvalue weighted by Gasteiger charge is 2.27. The maximum absolute atomic E-state index is 4.58. The van der Waals surface area contributed by atoms with Crippen LogP contribution in [0, 0.1) is 0 Å². The predicted octanol–water partition coefficient (Wildman–Crippen LogP) is 3.35. The molecule has 0 aliphatic heterocycles. The zero-order valence-electron chi connectivity index (χ0n) is 12.7. The van der Waals surface area contributed by atoms with Crippen molar-refractivity contribution in [2.24, 2.45) is 0 Å². The van der Waals surface area contributed by atoms with Gasteiger partial charge < -0.3 is 9.88 Å². The summed E-state index contributed by atoms with van der Waals surface area (Å²) >= 11 is 0. The van der Waals surface area contributed by atoms with Gasteiger partial charge in [0.15, 0.2) is 0 Å². The molecule has 1 aromatic rings. The third-order valence-corrected chi connectivity index (χ3v) is 3.34. The Morgan fingerprint density at radius 1 is 1.33 bits per heavy atom. The van der Waals surface area contributed by atoms with Crippen molar-refractivity contribution in [1.82, 2.24) is 14.9 Å². The van der Waals surface area contributed by atoms with E-state index in [1.54, 1.807) is 0 Å². The molecule has 0 radical (unpaired) electrons. The average Bonchev–Trinajstić information content (AvgIpc) is 2.75. The number of nitrogens with one attached hydrogen (secondary N) is 1. The van der Waals surface area contributed by atoms with Gasteiger partial charge in [-0.15, -0.1) is 0 Å². The minimum atomic E-state index is 0.124. The van der Waals surface area contributed by atoms with Crippen molar-refractivity contribution in [3.63, 3.8) is 0 Å². The van der Waals surface area contributed by atoms with Gasteiger partial charge in [0.1, 0.15) is 5.82 Å². The van der Waals surface area contributed by atoms with E-state index in [0.717, 1.165) is 25.9 Å². The molecular weight excluding hydrogens is 222 g/mol. The molecule has 0 fully saturated rings. The number of hydrogen-bond acceptors (Lipinski definition) is 2. The molecule has 0 saturated heterocycles. The highest BCUT2D eigenvalue weighted by Crippen LogP contribution is 2.27. The van der Waals surface area contributed by atoms with E-state index in [1.807, 2.05) is 6.20 Å². The minimum Gasteiger partial charge on any atom is -0.335 e. The molecule has 0 spiro atoms. The van der Waals surface area contributed by atoms with Crippen LogP contribution in [0.25, 0.3) is 0 Å². The quantitative estimate of drug-likeness (QED) is 0.768. The van der Waals surface area contributed by atoms with Gasteiger partial charge in [0.2, 0.25) is 0 Å². The third kappa shape index (κ3) is 4.13. The molecule has 0 aliphatic carbocycles. The lowest BCUT2D eigenvalue weighted by molar-refractivity contribution is 0.361. The summed E-state index contributed by atoms with van der Waals surface area (Å²) in [5.74, 6) is 1.22. The van der Waals surface area contributed by atoms with E-state index in [0.29, 0.717) is 6.04 Å². The van der Waals surface area contributed by atoms with Gasteiger partial charge >= 0.3 is 0 Å². The first kappa shape index (κ1) is 15.2. The number of aryl methyl sites for hydroxylation is 1. The van der Waals surface area contributed by atoms with Crippen LogP contribution in [-0.4, -0.2) is 22.1 Å². The van der Waals surface area contributed by atoms with Crippen LogP contribution in [-0.2, 0) is 12.0 Å². The Balaban J connectivity index is 2.69. The SMILES string of the molecule is CCCNC(C)CC(C)(C)c1nccn1CCC. The highest BCUT2D eigenvalue weighted by atomic mass is 15.1. The lowest BCUT2D eigenvalue weighted by atomic mass is 9.85. The van der Waals surface area contributed by atoms with Gasteiger partial charge in [0, 0.05) is 30.4 Å². The van der Waals surface area contributed by atoms with E-state index in [4.69, 9.17) is 0 Å². The monoisotopic (exact) mass is 251 g/mol. The van der Waals surface area contributed by atoms with E-state index >= 15 is 0 Å². The van der Waals surface area contributed by atoms with E-state index in [2.05, 4.69) is 55.7 Å². The van der Waals surface area contributed by atoms with E-state index in [1.165, 1.54) is 12.2 Å². The van der Waals surface area contributed by atoms with Gasteiger partial charge in [-0.1, -0.05) is 27.7 Å². The molecule has 0 amide bonds. The molecule has 1 N–H and O–H groups in total. The fourth-order valence-corrected chi connectivity index (χ4v) is 2.63. The summed E-state index contributed by atoms with van der Waals surface area (Å²) in [7, 11) is 0. The van der Waals surface area contributed by atoms with Gasteiger partial charge in [0.25, 0.3) is 0 Å². The molecule has 1 atom stereocenters. The Hall–Kier alpha value is -0.830. The van der Waals surface area contributed by atoms with Crippen LogP contribution in [0.4, 0.5) is 0 Å². The second-order valence-corrected chi connectivity index (χ2v) is 5.89. The van der Waals surface area contributed by atoms with Crippen molar-refractivity contribution in [3.05, 3.63) is 18.2 Å². The predicted molar refractivity (Wildman–Crippen MR) is 77.9 cm³/mol. The summed E-state index contributed by atoms with van der Waals surface area (Å²) in [5.41, 5.74) is 0.124. The number of nitrogens with zero attached hydrogens (tertiary/aromatic N) is 2. The van der Waals surface area contributed by atoms with Crippen molar-refractivity contribution < 1.29 is 0 Å². The zero-order chi connectivity index (χ0) is 13.6. The lowest BCUT2D eigenvalue weighted by Gasteiger charge is -2.28. The van der Waals surface area contributed by atoms with Crippen LogP contribution < -0.4 is 5.32 Å². The average molecular weight is 251 g/mol. The summed E-state index contributed by atoms with van der Waals surface area (Å²) in [6.45, 7) is 13.4. The Labute approximate surface area is 112 Å². The fraction of sp³-hybridized carbons (Fsp3) is 0.800. The Kier molecular flexibility index (Phi) is 5.86. The molecule has 18 heavy (non-hydrogen) atoms. The molecule has 0 bridgehead atoms. The normalized spacial score (nSPS) is 13.8. The molecule has 104 valence electrons. The number of aromatic nitrogens is 2. The van der Waals surface area contributed by atoms with Gasteiger partial charge in [0.05, 0.1) is 0 Å². The first-order chi connectivity index (χ1) is 8.51. The second-order valence-electron chi connectivity index (χ2n) is 5.89. The molecule has 0 saturated carbocycles. The van der Waals surface area contributed by atoms with Gasteiger partial charge in [-0.3, -0.25) is 0 Å². The fourth-order valence-electron chi connectivity index (χ4n) is 2.63. The number of hydrogen-bond donors (Lipinski definition) is 1. The van der Waals surface area contributed by atoms with E-state index in [9.17, 15) is 0 Å². The summed E-state index contributed by atoms with van der Waals surface area (Å²) in [5, 5.41) is 3.56. The Bertz CT molecular complexity index is 341. The maximum Gasteiger partial charge on any atom is 0.114 e. The van der Waals surface area contributed by atoms with Crippen LogP contribution in [0.2, 0.25) is 0 Å². The van der Waals surface area contributed by atoms with Crippen LogP contribution in [0.15, 0.2) is 12.4 Å². The topological polar surface area (TPSA) is 29.9 Å². The van der Waals surface area contributed by atoms with Gasteiger partial charge in [-0.2, -0.15) is 0 Å². The van der Waals surface area contributed by atoms with Crippen LogP contribution in [0.1, 0.15) is 59.7 Å². The van der Waals surface area contributed by atoms with Crippen LogP contribution in [0.3, 0.4) is 0 Å². The maximum atomic E-state index is 4.58. The first-order valence-electron chi connectivity index (χ1n) is 7.26. The first-order valence-corrected chi connectivity index (χ1v) is 7.26. The van der Waals surface area contributed by atoms with Gasteiger partial charge in [-0.05, 0) is 32.7 Å². The molecular formula is C15H29N3. The molecule has 1 rings (SSSR count). The zero-order valence-corrected chi connectivity index (χ0v) is 12.7. The highest BCUT2D eigenvalue weighted by molar-refractivity contribution is 5.07. The lowest BCUT2D eigenvalue weighted by Crippen LogP contribution is -2.35. The van der Waals surface area contributed by atoms with Crippen LogP contribution in [0.5, 0.6) is 0 Å². The van der Waals surface area contributed by atoms with Crippen molar-refractivity contribution in [1.29, 1.82) is 0 Å². The largest absolute Gasteiger partial charge is 0.335 e. The summed E-state index contributed by atoms with van der Waals surface area (Å²) < 4.78 is 2.30. The Morgan fingerprint density at radius 2 is 2.06 bits per heavy atom. The number of rotatable bonds is 8. The van der Waals surface area contributed by atoms with Crippen LogP contribution >= 0.6 is 0 Å². The standard InChI is InChI=1S/C15H29N3/c1-6-8-16-13(3)12-15(4,5)14-17-9-11-18(14)10-7-2/h9,11,13,16H,6-8,10,12H2,1-5H3. The molecule has 1 unspecified atom stereocenters. The van der Waals surface area contributed by atoms with Gasteiger partial charge in [-0.25, -0.2) is 4.98 Å². The van der Waals surface area contributed by atoms with Crippen molar-refractivity contribution >= 4 is 0 Å². The number of imidazole rings is 1. The third-order valence-electron chi connectivity index (χ3n) is 3.34. The van der Waals surface area contributed by atoms with E-state index < -0.39 is 0 Å². The van der Waals surface area contributed by atoms with Crippen molar-refractivity contribution in [3.8, 4) is 0 Å². The summed E-state index contributed by atoms with van der Waals surface area (Å²) in [6.07, 6.45) is 7.49. The van der Waals surface area contributed by atoms with E-state index in [-0.39, 0.29) is 5.41 Å². The van der Waals surface area contributed by atoms with Crippen molar-refractivity contribution in [2.75, 3.05) is 6.54 Å². The molecule has 1 heterocycles.